The normalized spacial score (nSPS) is 18.2. The van der Waals surface area contributed by atoms with Gasteiger partial charge in [0.25, 0.3) is 0 Å². The number of benzene rings is 2. The van der Waals surface area contributed by atoms with Crippen molar-refractivity contribution >= 4 is 35.6 Å². The molecule has 0 bridgehead atoms. The summed E-state index contributed by atoms with van der Waals surface area (Å²) in [7, 11) is 0. The van der Waals surface area contributed by atoms with Gasteiger partial charge in [0.15, 0.2) is 0 Å². The molecule has 2 aromatic carbocycles. The van der Waals surface area contributed by atoms with Crippen LogP contribution in [0.1, 0.15) is 20.3 Å². The standard InChI is InChI=1S/C22H27ClN2O4.ClH/c1-16(26)24-20-5-3-4-6-21(20)28-15-22(2,27)14-25-12-11-19(13-25)29-18-9-7-17(23)8-10-18;/h3-10,19,27H,11-15H2,1-2H3,(H,24,26);1H. The zero-order chi connectivity index (χ0) is 20.9. The Kier molecular flexibility index (Phi) is 8.79. The SMILES string of the molecule is CC(=O)Nc1ccccc1OCC(C)(O)CN1CCC(Oc2ccc(Cl)cc2)C1.Cl. The summed E-state index contributed by atoms with van der Waals surface area (Å²) >= 11 is 5.91. The highest BCUT2D eigenvalue weighted by molar-refractivity contribution is 6.30. The van der Waals surface area contributed by atoms with Crippen molar-refractivity contribution in [1.29, 1.82) is 0 Å². The minimum absolute atomic E-state index is 0. The smallest absolute Gasteiger partial charge is 0.221 e. The van der Waals surface area contributed by atoms with Gasteiger partial charge in [-0.3, -0.25) is 9.69 Å². The number of likely N-dealkylation sites (tertiary alicyclic amines) is 1. The Labute approximate surface area is 188 Å². The van der Waals surface area contributed by atoms with Crippen LogP contribution in [-0.4, -0.2) is 53.9 Å². The molecular weight excluding hydrogens is 427 g/mol. The fraction of sp³-hybridized carbons (Fsp3) is 0.409. The molecule has 0 radical (unpaired) electrons. The van der Waals surface area contributed by atoms with Gasteiger partial charge in [0.2, 0.25) is 5.91 Å². The Morgan fingerprint density at radius 2 is 1.97 bits per heavy atom. The van der Waals surface area contributed by atoms with Crippen molar-refractivity contribution in [2.75, 3.05) is 31.6 Å². The maximum absolute atomic E-state index is 11.3. The van der Waals surface area contributed by atoms with Crippen LogP contribution >= 0.6 is 24.0 Å². The van der Waals surface area contributed by atoms with Gasteiger partial charge in [-0.25, -0.2) is 0 Å². The van der Waals surface area contributed by atoms with Crippen LogP contribution in [0.15, 0.2) is 48.5 Å². The Bertz CT molecular complexity index is 830. The topological polar surface area (TPSA) is 71.0 Å². The number of ether oxygens (including phenoxy) is 2. The van der Waals surface area contributed by atoms with E-state index in [2.05, 4.69) is 10.2 Å². The molecule has 1 heterocycles. The Morgan fingerprint density at radius 3 is 2.67 bits per heavy atom. The number of carbonyl (C=O) groups is 1. The second-order valence-electron chi connectivity index (χ2n) is 7.68. The molecule has 2 aromatic rings. The van der Waals surface area contributed by atoms with Gasteiger partial charge in [-0.05, 0) is 49.7 Å². The van der Waals surface area contributed by atoms with Crippen LogP contribution < -0.4 is 14.8 Å². The molecule has 8 heteroatoms. The van der Waals surface area contributed by atoms with E-state index in [9.17, 15) is 9.90 Å². The number of rotatable bonds is 8. The summed E-state index contributed by atoms with van der Waals surface area (Å²) in [5, 5.41) is 14.2. The first kappa shape index (κ1) is 24.3. The summed E-state index contributed by atoms with van der Waals surface area (Å²) in [6.45, 7) is 5.36. The lowest BCUT2D eigenvalue weighted by atomic mass is 10.1. The average Bonchev–Trinajstić information content (AvgIpc) is 3.08. The minimum Gasteiger partial charge on any atom is -0.489 e. The van der Waals surface area contributed by atoms with Gasteiger partial charge >= 0.3 is 0 Å². The molecule has 1 amide bonds. The summed E-state index contributed by atoms with van der Waals surface area (Å²) < 4.78 is 11.8. The molecular formula is C22H28Cl2N2O4. The van der Waals surface area contributed by atoms with E-state index in [1.165, 1.54) is 6.92 Å². The van der Waals surface area contributed by atoms with Crippen LogP contribution in [-0.2, 0) is 4.79 Å². The second-order valence-corrected chi connectivity index (χ2v) is 8.12. The van der Waals surface area contributed by atoms with Crippen LogP contribution in [0.2, 0.25) is 5.02 Å². The van der Waals surface area contributed by atoms with E-state index in [0.29, 0.717) is 23.0 Å². The fourth-order valence-corrected chi connectivity index (χ4v) is 3.51. The first-order valence-electron chi connectivity index (χ1n) is 9.67. The summed E-state index contributed by atoms with van der Waals surface area (Å²) in [4.78, 5) is 13.5. The number of halogens is 2. The lowest BCUT2D eigenvalue weighted by molar-refractivity contribution is -0.114. The number of amides is 1. The molecule has 1 aliphatic heterocycles. The van der Waals surface area contributed by atoms with Crippen LogP contribution in [0.4, 0.5) is 5.69 Å². The quantitative estimate of drug-likeness (QED) is 0.630. The molecule has 164 valence electrons. The van der Waals surface area contributed by atoms with Crippen LogP contribution in [0, 0.1) is 0 Å². The van der Waals surface area contributed by atoms with E-state index in [-0.39, 0.29) is 31.0 Å². The maximum atomic E-state index is 11.3. The molecule has 0 aliphatic carbocycles. The zero-order valence-electron chi connectivity index (χ0n) is 17.1. The van der Waals surface area contributed by atoms with Crippen LogP contribution in [0.3, 0.4) is 0 Å². The van der Waals surface area contributed by atoms with Crippen LogP contribution in [0.5, 0.6) is 11.5 Å². The summed E-state index contributed by atoms with van der Waals surface area (Å²) in [6, 6.07) is 14.5. The Hall–Kier alpha value is -1.99. The highest BCUT2D eigenvalue weighted by atomic mass is 35.5. The number of hydrogen-bond donors (Lipinski definition) is 2. The van der Waals surface area contributed by atoms with Crippen molar-refractivity contribution in [3.8, 4) is 11.5 Å². The molecule has 3 rings (SSSR count). The van der Waals surface area contributed by atoms with Gasteiger partial charge in [-0.2, -0.15) is 0 Å². The number of para-hydroxylation sites is 2. The maximum Gasteiger partial charge on any atom is 0.221 e. The molecule has 0 spiro atoms. The first-order valence-corrected chi connectivity index (χ1v) is 10.0. The van der Waals surface area contributed by atoms with E-state index in [1.807, 2.05) is 36.4 Å². The van der Waals surface area contributed by atoms with E-state index in [1.54, 1.807) is 19.1 Å². The van der Waals surface area contributed by atoms with Crippen molar-refractivity contribution in [3.63, 3.8) is 0 Å². The molecule has 1 saturated heterocycles. The monoisotopic (exact) mass is 454 g/mol. The highest BCUT2D eigenvalue weighted by Crippen LogP contribution is 2.26. The third kappa shape index (κ3) is 7.36. The summed E-state index contributed by atoms with van der Waals surface area (Å²) in [5.74, 6) is 1.16. The molecule has 1 fully saturated rings. The van der Waals surface area contributed by atoms with Gasteiger partial charge in [0.1, 0.15) is 29.8 Å². The first-order chi connectivity index (χ1) is 13.8. The molecule has 1 aliphatic rings. The number of nitrogens with one attached hydrogen (secondary N) is 1. The van der Waals surface area contributed by atoms with Crippen molar-refractivity contribution in [3.05, 3.63) is 53.6 Å². The minimum atomic E-state index is -1.04. The predicted molar refractivity (Wildman–Crippen MR) is 121 cm³/mol. The highest BCUT2D eigenvalue weighted by Gasteiger charge is 2.31. The predicted octanol–water partition coefficient (Wildman–Crippen LogP) is 4.00. The molecule has 0 saturated carbocycles. The van der Waals surface area contributed by atoms with Gasteiger partial charge < -0.3 is 19.9 Å². The average molecular weight is 455 g/mol. The third-order valence-corrected chi connectivity index (χ3v) is 4.90. The zero-order valence-corrected chi connectivity index (χ0v) is 18.7. The number of hydrogen-bond acceptors (Lipinski definition) is 5. The Balaban J connectivity index is 0.00000320. The lowest BCUT2D eigenvalue weighted by Crippen LogP contribution is -2.44. The number of anilines is 1. The van der Waals surface area contributed by atoms with Crippen LogP contribution in [0.25, 0.3) is 0 Å². The summed E-state index contributed by atoms with van der Waals surface area (Å²) in [5.41, 5.74) is -0.452. The van der Waals surface area contributed by atoms with E-state index < -0.39 is 5.60 Å². The van der Waals surface area contributed by atoms with Crippen molar-refractivity contribution in [2.45, 2.75) is 32.0 Å². The lowest BCUT2D eigenvalue weighted by Gasteiger charge is -2.29. The number of aliphatic hydroxyl groups is 1. The van der Waals surface area contributed by atoms with E-state index in [4.69, 9.17) is 21.1 Å². The third-order valence-electron chi connectivity index (χ3n) is 4.65. The fourth-order valence-electron chi connectivity index (χ4n) is 3.39. The van der Waals surface area contributed by atoms with Crippen molar-refractivity contribution < 1.29 is 19.4 Å². The molecule has 6 nitrogen and oxygen atoms in total. The van der Waals surface area contributed by atoms with E-state index in [0.717, 1.165) is 25.3 Å². The van der Waals surface area contributed by atoms with Crippen molar-refractivity contribution in [1.82, 2.24) is 4.90 Å². The number of carbonyl (C=O) groups excluding carboxylic acids is 1. The molecule has 2 atom stereocenters. The van der Waals surface area contributed by atoms with Crippen molar-refractivity contribution in [2.24, 2.45) is 0 Å². The Morgan fingerprint density at radius 1 is 1.27 bits per heavy atom. The van der Waals surface area contributed by atoms with Gasteiger partial charge in [0, 0.05) is 31.6 Å². The number of β-amino-alcohol motifs (C(OH)–C–C–N with tert-alkyl or cyclic N) is 1. The molecule has 0 aromatic heterocycles. The molecule has 2 unspecified atom stereocenters. The summed E-state index contributed by atoms with van der Waals surface area (Å²) in [6.07, 6.45) is 0.971. The largest absolute Gasteiger partial charge is 0.489 e. The van der Waals surface area contributed by atoms with E-state index >= 15 is 0 Å². The van der Waals surface area contributed by atoms with Gasteiger partial charge in [-0.15, -0.1) is 12.4 Å². The number of nitrogens with zero attached hydrogens (tertiary/aromatic N) is 1. The van der Waals surface area contributed by atoms with Gasteiger partial charge in [-0.1, -0.05) is 23.7 Å². The molecule has 30 heavy (non-hydrogen) atoms. The van der Waals surface area contributed by atoms with Gasteiger partial charge in [0.05, 0.1) is 5.69 Å². The molecule has 2 N–H and O–H groups in total. The second kappa shape index (κ2) is 10.9.